The lowest BCUT2D eigenvalue weighted by molar-refractivity contribution is 0.0410. The Labute approximate surface area is 115 Å². The predicted molar refractivity (Wildman–Crippen MR) is 77.4 cm³/mol. The average Bonchev–Trinajstić information content (AvgIpc) is 2.48. The van der Waals surface area contributed by atoms with Crippen molar-refractivity contribution in [3.8, 4) is 0 Å². The molecule has 3 heteroatoms. The van der Waals surface area contributed by atoms with E-state index in [4.69, 9.17) is 4.74 Å². The summed E-state index contributed by atoms with van der Waals surface area (Å²) in [6, 6.07) is 9.57. The van der Waals surface area contributed by atoms with E-state index in [9.17, 15) is 0 Å². The predicted octanol–water partition coefficient (Wildman–Crippen LogP) is 1.98. The van der Waals surface area contributed by atoms with Gasteiger partial charge in [-0.25, -0.2) is 0 Å². The van der Waals surface area contributed by atoms with E-state index in [2.05, 4.69) is 41.5 Å². The van der Waals surface area contributed by atoms with Crippen LogP contribution in [-0.2, 0) is 11.3 Å². The number of likely N-dealkylation sites (N-methyl/N-ethyl adjacent to an activating group) is 1. The van der Waals surface area contributed by atoms with Crippen molar-refractivity contribution in [2.24, 2.45) is 0 Å². The van der Waals surface area contributed by atoms with Gasteiger partial charge < -0.3 is 15.0 Å². The van der Waals surface area contributed by atoms with Gasteiger partial charge in [0.05, 0.1) is 0 Å². The highest BCUT2D eigenvalue weighted by Crippen LogP contribution is 2.25. The normalized spacial score (nSPS) is 24.4. The molecule has 0 aromatic heterocycles. The van der Waals surface area contributed by atoms with Crippen LogP contribution < -0.4 is 5.32 Å². The maximum Gasteiger partial charge on any atom is 0.0480 e. The first-order chi connectivity index (χ1) is 9.34. The SMILES string of the molecule is CN(CC1CNCc2ccccc21)C1CCOCC1. The summed E-state index contributed by atoms with van der Waals surface area (Å²) in [7, 11) is 2.27. The van der Waals surface area contributed by atoms with Crippen molar-refractivity contribution in [3.63, 3.8) is 0 Å². The molecular weight excluding hydrogens is 236 g/mol. The Bertz CT molecular complexity index is 415. The molecule has 0 aliphatic carbocycles. The topological polar surface area (TPSA) is 24.5 Å². The minimum absolute atomic E-state index is 0.623. The maximum absolute atomic E-state index is 5.46. The molecule has 0 bridgehead atoms. The molecule has 2 aliphatic heterocycles. The van der Waals surface area contributed by atoms with Crippen LogP contribution in [0.2, 0.25) is 0 Å². The summed E-state index contributed by atoms with van der Waals surface area (Å²) >= 11 is 0. The second-order valence-corrected chi connectivity index (χ2v) is 5.81. The highest BCUT2D eigenvalue weighted by atomic mass is 16.5. The second kappa shape index (κ2) is 6.04. The van der Waals surface area contributed by atoms with Crippen LogP contribution in [-0.4, -0.2) is 44.3 Å². The highest BCUT2D eigenvalue weighted by molar-refractivity contribution is 5.32. The molecule has 3 nitrogen and oxygen atoms in total. The Balaban J connectivity index is 1.66. The highest BCUT2D eigenvalue weighted by Gasteiger charge is 2.24. The molecule has 104 valence electrons. The standard InChI is InChI=1S/C16H24N2O/c1-18(15-6-8-19-9-7-15)12-14-11-17-10-13-4-2-3-5-16(13)14/h2-5,14-15,17H,6-12H2,1H3. The van der Waals surface area contributed by atoms with Crippen molar-refractivity contribution in [1.29, 1.82) is 0 Å². The smallest absolute Gasteiger partial charge is 0.0480 e. The van der Waals surface area contributed by atoms with E-state index in [0.717, 1.165) is 32.8 Å². The lowest BCUT2D eigenvalue weighted by Gasteiger charge is -2.35. The number of hydrogen-bond acceptors (Lipinski definition) is 3. The van der Waals surface area contributed by atoms with Gasteiger partial charge in [-0.2, -0.15) is 0 Å². The quantitative estimate of drug-likeness (QED) is 0.899. The average molecular weight is 260 g/mol. The first kappa shape index (κ1) is 13.1. The molecule has 1 fully saturated rings. The van der Waals surface area contributed by atoms with E-state index in [-0.39, 0.29) is 0 Å². The van der Waals surface area contributed by atoms with Gasteiger partial charge in [-0.3, -0.25) is 0 Å². The zero-order chi connectivity index (χ0) is 13.1. The summed E-state index contributed by atoms with van der Waals surface area (Å²) in [4.78, 5) is 2.54. The second-order valence-electron chi connectivity index (χ2n) is 5.81. The Kier molecular flexibility index (Phi) is 4.16. The molecule has 1 saturated heterocycles. The van der Waals surface area contributed by atoms with Gasteiger partial charge in [-0.15, -0.1) is 0 Å². The molecule has 2 heterocycles. The Morgan fingerprint density at radius 1 is 1.26 bits per heavy atom. The third kappa shape index (κ3) is 2.99. The van der Waals surface area contributed by atoms with Crippen molar-refractivity contribution in [2.45, 2.75) is 31.3 Å². The molecule has 0 spiro atoms. The first-order valence-corrected chi connectivity index (χ1v) is 7.41. The number of nitrogens with zero attached hydrogens (tertiary/aromatic N) is 1. The molecule has 0 amide bonds. The van der Waals surface area contributed by atoms with Crippen molar-refractivity contribution in [3.05, 3.63) is 35.4 Å². The zero-order valence-electron chi connectivity index (χ0n) is 11.8. The van der Waals surface area contributed by atoms with Gasteiger partial charge in [0.2, 0.25) is 0 Å². The van der Waals surface area contributed by atoms with Crippen LogP contribution >= 0.6 is 0 Å². The van der Waals surface area contributed by atoms with Gasteiger partial charge in [0, 0.05) is 44.8 Å². The van der Waals surface area contributed by atoms with Crippen LogP contribution in [0.3, 0.4) is 0 Å². The van der Waals surface area contributed by atoms with Crippen LogP contribution in [0.5, 0.6) is 0 Å². The summed E-state index contributed by atoms with van der Waals surface area (Å²) in [6.07, 6.45) is 2.36. The largest absolute Gasteiger partial charge is 0.381 e. The van der Waals surface area contributed by atoms with E-state index in [1.807, 2.05) is 0 Å². The Morgan fingerprint density at radius 2 is 2.05 bits per heavy atom. The van der Waals surface area contributed by atoms with Gasteiger partial charge in [0.25, 0.3) is 0 Å². The molecule has 19 heavy (non-hydrogen) atoms. The lowest BCUT2D eigenvalue weighted by Crippen LogP contribution is -2.42. The third-order valence-electron chi connectivity index (χ3n) is 4.52. The molecule has 1 atom stereocenters. The van der Waals surface area contributed by atoms with Gasteiger partial charge in [-0.1, -0.05) is 24.3 Å². The van der Waals surface area contributed by atoms with Crippen LogP contribution in [0.15, 0.2) is 24.3 Å². The molecule has 0 radical (unpaired) electrons. The Hall–Kier alpha value is -0.900. The number of benzene rings is 1. The van der Waals surface area contributed by atoms with Gasteiger partial charge in [0.15, 0.2) is 0 Å². The van der Waals surface area contributed by atoms with Gasteiger partial charge in [-0.05, 0) is 31.0 Å². The molecule has 1 aromatic carbocycles. The van der Waals surface area contributed by atoms with E-state index < -0.39 is 0 Å². The fourth-order valence-electron chi connectivity index (χ4n) is 3.37. The Morgan fingerprint density at radius 3 is 2.89 bits per heavy atom. The molecule has 3 rings (SSSR count). The molecule has 1 N–H and O–H groups in total. The molecular formula is C16H24N2O. The number of nitrogens with one attached hydrogen (secondary N) is 1. The summed E-state index contributed by atoms with van der Waals surface area (Å²) in [5.41, 5.74) is 3.01. The molecule has 0 saturated carbocycles. The molecule has 2 aliphatic rings. The minimum atomic E-state index is 0.623. The maximum atomic E-state index is 5.46. The zero-order valence-corrected chi connectivity index (χ0v) is 11.8. The van der Waals surface area contributed by atoms with Crippen molar-refractivity contribution in [2.75, 3.05) is 33.4 Å². The first-order valence-electron chi connectivity index (χ1n) is 7.41. The summed E-state index contributed by atoms with van der Waals surface area (Å²) in [5, 5.41) is 3.55. The number of fused-ring (bicyclic) bond motifs is 1. The van der Waals surface area contributed by atoms with E-state index >= 15 is 0 Å². The van der Waals surface area contributed by atoms with Crippen LogP contribution in [0.4, 0.5) is 0 Å². The van der Waals surface area contributed by atoms with E-state index in [0.29, 0.717) is 12.0 Å². The summed E-state index contributed by atoms with van der Waals surface area (Å²) in [5.74, 6) is 0.623. The van der Waals surface area contributed by atoms with Crippen molar-refractivity contribution >= 4 is 0 Å². The number of hydrogen-bond donors (Lipinski definition) is 1. The number of rotatable bonds is 3. The van der Waals surface area contributed by atoms with Crippen molar-refractivity contribution < 1.29 is 4.74 Å². The van der Waals surface area contributed by atoms with Gasteiger partial charge >= 0.3 is 0 Å². The minimum Gasteiger partial charge on any atom is -0.381 e. The van der Waals surface area contributed by atoms with Crippen LogP contribution in [0, 0.1) is 0 Å². The van der Waals surface area contributed by atoms with Gasteiger partial charge in [0.1, 0.15) is 0 Å². The van der Waals surface area contributed by atoms with E-state index in [1.165, 1.54) is 18.4 Å². The lowest BCUT2D eigenvalue weighted by atomic mass is 9.90. The fraction of sp³-hybridized carbons (Fsp3) is 0.625. The molecule has 1 unspecified atom stereocenters. The third-order valence-corrected chi connectivity index (χ3v) is 4.52. The van der Waals surface area contributed by atoms with Crippen LogP contribution in [0.1, 0.15) is 29.9 Å². The van der Waals surface area contributed by atoms with Crippen LogP contribution in [0.25, 0.3) is 0 Å². The molecule has 1 aromatic rings. The van der Waals surface area contributed by atoms with E-state index in [1.54, 1.807) is 5.56 Å². The monoisotopic (exact) mass is 260 g/mol. The summed E-state index contributed by atoms with van der Waals surface area (Å²) in [6.45, 7) is 5.12. The van der Waals surface area contributed by atoms with Crippen molar-refractivity contribution in [1.82, 2.24) is 10.2 Å². The summed E-state index contributed by atoms with van der Waals surface area (Å²) < 4.78 is 5.46. The number of ether oxygens (including phenoxy) is 1. The fourth-order valence-corrected chi connectivity index (χ4v) is 3.37.